The number of ether oxygens (including phenoxy) is 1. The van der Waals surface area contributed by atoms with Crippen LogP contribution in [0.2, 0.25) is 0 Å². The number of benzene rings is 1. The summed E-state index contributed by atoms with van der Waals surface area (Å²) in [6, 6.07) is 9.70. The number of hydrogen-bond acceptors (Lipinski definition) is 7. The van der Waals surface area contributed by atoms with Gasteiger partial charge in [-0.25, -0.2) is 4.68 Å². The van der Waals surface area contributed by atoms with Crippen molar-refractivity contribution in [1.82, 2.24) is 34.6 Å². The molecule has 0 amide bonds. The molecule has 1 saturated carbocycles. The first-order valence-corrected chi connectivity index (χ1v) is 9.88. The average Bonchev–Trinajstić information content (AvgIpc) is 3.36. The maximum atomic E-state index is 11.9. The number of rotatable bonds is 4. The molecule has 5 rings (SSSR count). The Bertz CT molecular complexity index is 1180. The molecule has 0 unspecified atom stereocenters. The van der Waals surface area contributed by atoms with Crippen molar-refractivity contribution in [2.75, 3.05) is 7.11 Å². The van der Waals surface area contributed by atoms with Gasteiger partial charge in [-0.15, -0.1) is 15.3 Å². The molecule has 0 N–H and O–H groups in total. The van der Waals surface area contributed by atoms with Crippen LogP contribution in [0.25, 0.3) is 22.6 Å². The third kappa shape index (κ3) is 3.12. The molecule has 1 fully saturated rings. The Morgan fingerprint density at radius 1 is 1.10 bits per heavy atom. The van der Waals surface area contributed by atoms with Gasteiger partial charge in [0.2, 0.25) is 0 Å². The number of esters is 1. The van der Waals surface area contributed by atoms with Crippen LogP contribution in [0, 0.1) is 0 Å². The van der Waals surface area contributed by atoms with Crippen molar-refractivity contribution in [2.24, 2.45) is 0 Å². The monoisotopic (exact) mass is 391 g/mol. The second-order valence-electron chi connectivity index (χ2n) is 7.34. The zero-order chi connectivity index (χ0) is 19.8. The van der Waals surface area contributed by atoms with Gasteiger partial charge >= 0.3 is 5.97 Å². The second kappa shape index (κ2) is 7.23. The summed E-state index contributed by atoms with van der Waals surface area (Å²) in [5.74, 6) is 1.22. The molecule has 0 radical (unpaired) electrons. The zero-order valence-electron chi connectivity index (χ0n) is 16.2. The van der Waals surface area contributed by atoms with E-state index in [1.165, 1.54) is 26.4 Å². The summed E-state index contributed by atoms with van der Waals surface area (Å²) in [7, 11) is 1.36. The van der Waals surface area contributed by atoms with Crippen LogP contribution < -0.4 is 0 Å². The lowest BCUT2D eigenvalue weighted by molar-refractivity contribution is -0.139. The van der Waals surface area contributed by atoms with E-state index in [1.807, 2.05) is 30.3 Å². The van der Waals surface area contributed by atoms with Crippen molar-refractivity contribution in [3.63, 3.8) is 0 Å². The van der Waals surface area contributed by atoms with Crippen molar-refractivity contribution < 1.29 is 9.53 Å². The van der Waals surface area contributed by atoms with Gasteiger partial charge in [0.1, 0.15) is 5.69 Å². The predicted molar refractivity (Wildman–Crippen MR) is 105 cm³/mol. The molecule has 9 nitrogen and oxygen atoms in total. The topological polar surface area (TPSA) is 100 Å². The van der Waals surface area contributed by atoms with Crippen LogP contribution >= 0.6 is 0 Å². The normalized spacial score (nSPS) is 15.2. The first kappa shape index (κ1) is 17.7. The number of para-hydroxylation sites is 1. The van der Waals surface area contributed by atoms with E-state index in [0.717, 1.165) is 24.4 Å². The van der Waals surface area contributed by atoms with Crippen molar-refractivity contribution in [3.05, 3.63) is 41.9 Å². The number of fused-ring (bicyclic) bond motifs is 3. The fourth-order valence-electron chi connectivity index (χ4n) is 3.97. The van der Waals surface area contributed by atoms with E-state index >= 15 is 0 Å². The minimum absolute atomic E-state index is 0.0111. The van der Waals surface area contributed by atoms with Crippen LogP contribution in [0.4, 0.5) is 0 Å². The summed E-state index contributed by atoms with van der Waals surface area (Å²) < 4.78 is 8.26. The van der Waals surface area contributed by atoms with Crippen LogP contribution in [-0.4, -0.2) is 47.7 Å². The molecule has 3 aromatic heterocycles. The van der Waals surface area contributed by atoms with E-state index in [0.29, 0.717) is 28.6 Å². The number of methoxy groups -OCH3 is 1. The van der Waals surface area contributed by atoms with Gasteiger partial charge in [0, 0.05) is 5.92 Å². The number of aromatic nitrogens is 7. The van der Waals surface area contributed by atoms with Crippen LogP contribution in [0.1, 0.15) is 49.5 Å². The van der Waals surface area contributed by atoms with Crippen molar-refractivity contribution in [3.8, 4) is 5.69 Å². The van der Waals surface area contributed by atoms with Crippen molar-refractivity contribution >= 4 is 22.9 Å². The summed E-state index contributed by atoms with van der Waals surface area (Å²) in [6.45, 7) is 0. The predicted octanol–water partition coefficient (Wildman–Crippen LogP) is 2.62. The van der Waals surface area contributed by atoms with Crippen LogP contribution in [0.15, 0.2) is 30.3 Å². The van der Waals surface area contributed by atoms with Gasteiger partial charge in [-0.3, -0.25) is 4.79 Å². The third-order valence-corrected chi connectivity index (χ3v) is 5.46. The molecule has 0 bridgehead atoms. The average molecular weight is 391 g/mol. The molecule has 1 aromatic carbocycles. The Morgan fingerprint density at radius 2 is 1.90 bits per heavy atom. The molecule has 1 aliphatic carbocycles. The fraction of sp³-hybridized carbons (Fsp3) is 0.400. The zero-order valence-corrected chi connectivity index (χ0v) is 16.2. The molecule has 1 aliphatic rings. The lowest BCUT2D eigenvalue weighted by Crippen LogP contribution is -2.07. The maximum Gasteiger partial charge on any atom is 0.311 e. The second-order valence-corrected chi connectivity index (χ2v) is 7.34. The van der Waals surface area contributed by atoms with Crippen molar-refractivity contribution in [1.29, 1.82) is 0 Å². The standard InChI is InChI=1S/C20H21N7O2/c1-29-16(28)12-15-17-19(26(24-15)14-10-6-3-7-11-14)27-20(23-22-17)21-18(25-27)13-8-4-2-5-9-13/h3,6-7,10-11,13H,2,4-5,8-9,12H2,1H3. The molecule has 0 aliphatic heterocycles. The van der Waals surface area contributed by atoms with Gasteiger partial charge in [-0.1, -0.05) is 37.5 Å². The Kier molecular flexibility index (Phi) is 4.42. The summed E-state index contributed by atoms with van der Waals surface area (Å²) in [5, 5.41) is 18.0. The van der Waals surface area contributed by atoms with E-state index in [1.54, 1.807) is 9.20 Å². The van der Waals surface area contributed by atoms with E-state index in [-0.39, 0.29) is 12.4 Å². The van der Waals surface area contributed by atoms with Gasteiger partial charge < -0.3 is 4.74 Å². The Hall–Kier alpha value is -3.36. The number of carbonyl (C=O) groups is 1. The summed E-state index contributed by atoms with van der Waals surface area (Å²) in [6.07, 6.45) is 5.87. The molecule has 0 saturated heterocycles. The molecule has 3 heterocycles. The van der Waals surface area contributed by atoms with Gasteiger partial charge in [-0.05, 0) is 25.0 Å². The van der Waals surface area contributed by atoms with E-state index in [2.05, 4.69) is 20.3 Å². The van der Waals surface area contributed by atoms with E-state index < -0.39 is 0 Å². The van der Waals surface area contributed by atoms with Gasteiger partial charge in [0.15, 0.2) is 17.0 Å². The first-order chi connectivity index (χ1) is 14.2. The highest BCUT2D eigenvalue weighted by atomic mass is 16.5. The highest BCUT2D eigenvalue weighted by molar-refractivity contribution is 5.82. The molecule has 148 valence electrons. The summed E-state index contributed by atoms with van der Waals surface area (Å²) in [5.41, 5.74) is 2.51. The number of carbonyl (C=O) groups excluding carboxylic acids is 1. The molecular weight excluding hydrogens is 370 g/mol. The van der Waals surface area contributed by atoms with Crippen LogP contribution in [0.3, 0.4) is 0 Å². The molecule has 0 atom stereocenters. The Balaban J connectivity index is 1.72. The lowest BCUT2D eigenvalue weighted by Gasteiger charge is -2.17. The lowest BCUT2D eigenvalue weighted by atomic mass is 9.89. The van der Waals surface area contributed by atoms with Crippen LogP contribution in [-0.2, 0) is 16.0 Å². The van der Waals surface area contributed by atoms with Gasteiger partial charge in [-0.2, -0.15) is 14.6 Å². The first-order valence-electron chi connectivity index (χ1n) is 9.88. The minimum atomic E-state index is -0.381. The van der Waals surface area contributed by atoms with E-state index in [9.17, 15) is 4.79 Å². The summed E-state index contributed by atoms with van der Waals surface area (Å²) in [4.78, 5) is 16.5. The van der Waals surface area contributed by atoms with Crippen LogP contribution in [0.5, 0.6) is 0 Å². The highest BCUT2D eigenvalue weighted by Gasteiger charge is 2.24. The summed E-state index contributed by atoms with van der Waals surface area (Å²) >= 11 is 0. The fourth-order valence-corrected chi connectivity index (χ4v) is 3.97. The van der Waals surface area contributed by atoms with Crippen molar-refractivity contribution in [2.45, 2.75) is 44.4 Å². The maximum absolute atomic E-state index is 11.9. The Morgan fingerprint density at radius 3 is 2.66 bits per heavy atom. The molecule has 4 aromatic rings. The van der Waals surface area contributed by atoms with Gasteiger partial charge in [0.05, 0.1) is 19.2 Å². The quantitative estimate of drug-likeness (QED) is 0.493. The van der Waals surface area contributed by atoms with E-state index in [4.69, 9.17) is 9.84 Å². The molecular formula is C20H21N7O2. The smallest absolute Gasteiger partial charge is 0.311 e. The number of nitrogens with zero attached hydrogens (tertiary/aromatic N) is 7. The highest BCUT2D eigenvalue weighted by Crippen LogP contribution is 2.31. The SMILES string of the molecule is COC(=O)Cc1nn(-c2ccccc2)c2c1nnc1nc(C3CCCCC3)nn12. The third-order valence-electron chi connectivity index (χ3n) is 5.46. The number of hydrogen-bond donors (Lipinski definition) is 0. The largest absolute Gasteiger partial charge is 0.469 e. The molecule has 29 heavy (non-hydrogen) atoms. The Labute approximate surface area is 166 Å². The minimum Gasteiger partial charge on any atom is -0.469 e. The van der Waals surface area contributed by atoms with Gasteiger partial charge in [0.25, 0.3) is 5.78 Å². The molecule has 0 spiro atoms. The molecule has 9 heteroatoms.